The number of rotatable bonds is 2. The van der Waals surface area contributed by atoms with Crippen LogP contribution in [0.4, 0.5) is 0 Å². The SMILES string of the molecule is COC(C)S(=O)(=O)[O-].[Na+]. The molecule has 4 nitrogen and oxygen atoms in total. The fourth-order valence-electron chi connectivity index (χ4n) is 0.118. The molecule has 0 radical (unpaired) electrons. The van der Waals surface area contributed by atoms with Crippen molar-refractivity contribution in [1.29, 1.82) is 0 Å². The van der Waals surface area contributed by atoms with Crippen LogP contribution < -0.4 is 29.6 Å². The van der Waals surface area contributed by atoms with Crippen molar-refractivity contribution in [2.45, 2.75) is 12.4 Å². The summed E-state index contributed by atoms with van der Waals surface area (Å²) in [5.41, 5.74) is -1.23. The molecule has 1 atom stereocenters. The summed E-state index contributed by atoms with van der Waals surface area (Å²) in [5, 5.41) is 0. The molecule has 9 heavy (non-hydrogen) atoms. The minimum atomic E-state index is -4.23. The summed E-state index contributed by atoms with van der Waals surface area (Å²) in [4.78, 5) is 0. The molecule has 0 N–H and O–H groups in total. The quantitative estimate of drug-likeness (QED) is 0.312. The molecule has 0 saturated heterocycles. The molecule has 1 unspecified atom stereocenters. The van der Waals surface area contributed by atoms with E-state index in [4.69, 9.17) is 0 Å². The van der Waals surface area contributed by atoms with Crippen molar-refractivity contribution < 1.29 is 47.3 Å². The van der Waals surface area contributed by atoms with Gasteiger partial charge in [0.15, 0.2) is 0 Å². The van der Waals surface area contributed by atoms with E-state index in [1.165, 1.54) is 14.0 Å². The second kappa shape index (κ2) is 4.65. The predicted octanol–water partition coefficient (Wildman–Crippen LogP) is -3.47. The van der Waals surface area contributed by atoms with E-state index in [0.29, 0.717) is 0 Å². The van der Waals surface area contributed by atoms with Crippen molar-refractivity contribution in [3.8, 4) is 0 Å². The van der Waals surface area contributed by atoms with Gasteiger partial charge < -0.3 is 9.29 Å². The molecule has 0 aliphatic rings. The summed E-state index contributed by atoms with van der Waals surface area (Å²) in [7, 11) is -3.06. The molecule has 6 heteroatoms. The van der Waals surface area contributed by atoms with Gasteiger partial charge in [0.2, 0.25) is 0 Å². The number of methoxy groups -OCH3 is 1. The second-order valence-electron chi connectivity index (χ2n) is 1.30. The third-order valence-electron chi connectivity index (χ3n) is 0.738. The van der Waals surface area contributed by atoms with Crippen LogP contribution in [0.5, 0.6) is 0 Å². The number of hydrogen-bond donors (Lipinski definition) is 0. The minimum absolute atomic E-state index is 0. The van der Waals surface area contributed by atoms with Crippen molar-refractivity contribution in [1.82, 2.24) is 0 Å². The summed E-state index contributed by atoms with van der Waals surface area (Å²) in [6, 6.07) is 0. The number of hydrogen-bond acceptors (Lipinski definition) is 4. The fraction of sp³-hybridized carbons (Fsp3) is 1.00. The zero-order valence-corrected chi connectivity index (χ0v) is 8.44. The zero-order chi connectivity index (χ0) is 6.78. The van der Waals surface area contributed by atoms with Gasteiger partial charge in [-0.05, 0) is 6.92 Å². The molecule has 0 fully saturated rings. The monoisotopic (exact) mass is 162 g/mol. The largest absolute Gasteiger partial charge is 1.00 e. The van der Waals surface area contributed by atoms with Crippen LogP contribution >= 0.6 is 0 Å². The zero-order valence-electron chi connectivity index (χ0n) is 5.62. The third-order valence-corrected chi connectivity index (χ3v) is 1.74. The summed E-state index contributed by atoms with van der Waals surface area (Å²) in [5.74, 6) is 0. The molecule has 0 aliphatic carbocycles. The standard InChI is InChI=1S/C3H8O4S.Na/c1-3(7-2)8(4,5)6;/h3H,1-2H3,(H,4,5,6);/q;+1/p-1. The second-order valence-corrected chi connectivity index (χ2v) is 2.95. The first-order valence-corrected chi connectivity index (χ1v) is 3.43. The van der Waals surface area contributed by atoms with E-state index in [0.717, 1.165) is 0 Å². The van der Waals surface area contributed by atoms with Crippen LogP contribution in [0.25, 0.3) is 0 Å². The molecule has 50 valence electrons. The molecule has 0 heterocycles. The summed E-state index contributed by atoms with van der Waals surface area (Å²) in [6.07, 6.45) is 0. The summed E-state index contributed by atoms with van der Waals surface area (Å²) in [6.45, 7) is 1.18. The molecule has 0 aromatic carbocycles. The first-order valence-electron chi connectivity index (χ1n) is 1.96. The van der Waals surface area contributed by atoms with Crippen molar-refractivity contribution in [3.63, 3.8) is 0 Å². The molecule has 0 amide bonds. The Labute approximate surface area is 76.6 Å². The van der Waals surface area contributed by atoms with Gasteiger partial charge in [-0.25, -0.2) is 8.42 Å². The van der Waals surface area contributed by atoms with Crippen LogP contribution in [0.1, 0.15) is 6.92 Å². The van der Waals surface area contributed by atoms with Gasteiger partial charge in [0.25, 0.3) is 0 Å². The van der Waals surface area contributed by atoms with Crippen LogP contribution in [0.2, 0.25) is 0 Å². The van der Waals surface area contributed by atoms with Crippen LogP contribution in [-0.2, 0) is 14.9 Å². The van der Waals surface area contributed by atoms with Crippen LogP contribution in [0.3, 0.4) is 0 Å². The Bertz CT molecular complexity index is 151. The Morgan fingerprint density at radius 1 is 1.56 bits per heavy atom. The van der Waals surface area contributed by atoms with Gasteiger partial charge in [-0.1, -0.05) is 0 Å². The maximum absolute atomic E-state index is 9.88. The Morgan fingerprint density at radius 3 is 1.89 bits per heavy atom. The summed E-state index contributed by atoms with van der Waals surface area (Å²) < 4.78 is 33.9. The van der Waals surface area contributed by atoms with Crippen molar-refractivity contribution in [3.05, 3.63) is 0 Å². The topological polar surface area (TPSA) is 66.4 Å². The van der Waals surface area contributed by atoms with E-state index >= 15 is 0 Å². The smallest absolute Gasteiger partial charge is 0.746 e. The Kier molecular flexibility index (Phi) is 6.48. The molecule has 0 saturated carbocycles. The molecular weight excluding hydrogens is 155 g/mol. The van der Waals surface area contributed by atoms with E-state index < -0.39 is 15.6 Å². The van der Waals surface area contributed by atoms with Crippen molar-refractivity contribution >= 4 is 10.1 Å². The average molecular weight is 162 g/mol. The first-order chi connectivity index (χ1) is 3.48. The van der Waals surface area contributed by atoms with Crippen LogP contribution in [-0.4, -0.2) is 25.5 Å². The molecule has 0 aliphatic heterocycles. The van der Waals surface area contributed by atoms with E-state index in [9.17, 15) is 13.0 Å². The van der Waals surface area contributed by atoms with Crippen LogP contribution in [0.15, 0.2) is 0 Å². The Hall–Kier alpha value is 0.870. The summed E-state index contributed by atoms with van der Waals surface area (Å²) >= 11 is 0. The van der Waals surface area contributed by atoms with E-state index in [1.54, 1.807) is 0 Å². The Balaban J connectivity index is 0. The predicted molar refractivity (Wildman–Crippen MR) is 26.2 cm³/mol. The van der Waals surface area contributed by atoms with Gasteiger partial charge in [-0.3, -0.25) is 0 Å². The van der Waals surface area contributed by atoms with Gasteiger partial charge >= 0.3 is 29.6 Å². The molecule has 0 aromatic rings. The maximum Gasteiger partial charge on any atom is 1.00 e. The normalized spacial score (nSPS) is 14.1. The minimum Gasteiger partial charge on any atom is -0.746 e. The molecule has 0 rings (SSSR count). The van der Waals surface area contributed by atoms with Gasteiger partial charge in [-0.15, -0.1) is 0 Å². The molecule has 0 aromatic heterocycles. The molecule has 0 spiro atoms. The van der Waals surface area contributed by atoms with Gasteiger partial charge in [-0.2, -0.15) is 0 Å². The molecule has 0 bridgehead atoms. The maximum atomic E-state index is 9.88. The average Bonchev–Trinajstić information content (AvgIpc) is 1.62. The van der Waals surface area contributed by atoms with Crippen LogP contribution in [0, 0.1) is 0 Å². The van der Waals surface area contributed by atoms with E-state index in [-0.39, 0.29) is 29.6 Å². The Morgan fingerprint density at radius 2 is 1.89 bits per heavy atom. The third kappa shape index (κ3) is 5.32. The molecular formula is C3H7NaO4S. The van der Waals surface area contributed by atoms with Gasteiger partial charge in [0.05, 0.1) is 0 Å². The number of ether oxygens (including phenoxy) is 1. The van der Waals surface area contributed by atoms with Gasteiger partial charge in [0.1, 0.15) is 15.6 Å². The van der Waals surface area contributed by atoms with E-state index in [1.807, 2.05) is 0 Å². The van der Waals surface area contributed by atoms with E-state index in [2.05, 4.69) is 4.74 Å². The fourth-order valence-corrected chi connectivity index (χ4v) is 0.354. The van der Waals surface area contributed by atoms with Crippen molar-refractivity contribution in [2.24, 2.45) is 0 Å². The first kappa shape index (κ1) is 12.5. The van der Waals surface area contributed by atoms with Gasteiger partial charge in [0, 0.05) is 7.11 Å². The van der Waals surface area contributed by atoms with Crippen molar-refractivity contribution in [2.75, 3.05) is 7.11 Å².